The molecule has 1 amide bonds. The molecular formula is C11H17N3O2. The minimum absolute atomic E-state index is 0.0291. The third-order valence-corrected chi connectivity index (χ3v) is 3.03. The van der Waals surface area contributed by atoms with E-state index in [1.165, 1.54) is 6.42 Å². The van der Waals surface area contributed by atoms with Gasteiger partial charge in [0.1, 0.15) is 6.54 Å². The van der Waals surface area contributed by atoms with Crippen molar-refractivity contribution >= 4 is 5.91 Å². The maximum absolute atomic E-state index is 12.0. The van der Waals surface area contributed by atoms with Crippen LogP contribution < -0.4 is 0 Å². The number of nitrogens with zero attached hydrogens (tertiary/aromatic N) is 3. The monoisotopic (exact) mass is 223 g/mol. The second-order valence-electron chi connectivity index (χ2n) is 4.10. The molecule has 1 aromatic rings. The van der Waals surface area contributed by atoms with Crippen LogP contribution in [-0.4, -0.2) is 44.9 Å². The molecule has 0 aliphatic heterocycles. The van der Waals surface area contributed by atoms with Crippen LogP contribution in [0, 0.1) is 0 Å². The van der Waals surface area contributed by atoms with Crippen molar-refractivity contribution in [2.75, 3.05) is 13.2 Å². The highest BCUT2D eigenvalue weighted by atomic mass is 16.3. The molecule has 5 nitrogen and oxygen atoms in total. The van der Waals surface area contributed by atoms with Gasteiger partial charge in [0.15, 0.2) is 0 Å². The van der Waals surface area contributed by atoms with Crippen LogP contribution in [0.2, 0.25) is 0 Å². The number of rotatable bonds is 5. The van der Waals surface area contributed by atoms with Crippen LogP contribution in [0.25, 0.3) is 0 Å². The van der Waals surface area contributed by atoms with E-state index in [0.29, 0.717) is 12.6 Å². The normalized spacial score (nSPS) is 15.8. The van der Waals surface area contributed by atoms with E-state index in [-0.39, 0.29) is 19.1 Å². The molecule has 1 aliphatic rings. The summed E-state index contributed by atoms with van der Waals surface area (Å²) in [6, 6.07) is 2.13. The number of amides is 1. The van der Waals surface area contributed by atoms with Gasteiger partial charge in [0.05, 0.1) is 6.61 Å². The molecule has 0 unspecified atom stereocenters. The molecule has 1 aromatic heterocycles. The van der Waals surface area contributed by atoms with Crippen LogP contribution in [0.15, 0.2) is 18.5 Å². The minimum atomic E-state index is 0.0291. The van der Waals surface area contributed by atoms with Crippen LogP contribution >= 0.6 is 0 Å². The minimum Gasteiger partial charge on any atom is -0.395 e. The molecule has 0 bridgehead atoms. The number of carbonyl (C=O) groups excluding carboxylic acids is 1. The molecule has 0 radical (unpaired) electrons. The second-order valence-corrected chi connectivity index (χ2v) is 4.10. The van der Waals surface area contributed by atoms with Gasteiger partial charge in [-0.15, -0.1) is 0 Å². The number of carbonyl (C=O) groups is 1. The second kappa shape index (κ2) is 5.12. The Morgan fingerprint density at radius 3 is 2.88 bits per heavy atom. The van der Waals surface area contributed by atoms with Crippen LogP contribution in [0.3, 0.4) is 0 Å². The first-order valence-corrected chi connectivity index (χ1v) is 5.69. The van der Waals surface area contributed by atoms with E-state index in [4.69, 9.17) is 5.11 Å². The van der Waals surface area contributed by atoms with Gasteiger partial charge in [-0.3, -0.25) is 9.48 Å². The standard InChI is InChI=1S/C11H17N3O2/c15-8-7-14(10-3-1-4-10)11(16)9-13-6-2-5-12-13/h2,5-6,10,15H,1,3-4,7-9H2. The Labute approximate surface area is 94.7 Å². The third kappa shape index (κ3) is 2.41. The van der Waals surface area contributed by atoms with Gasteiger partial charge in [0.25, 0.3) is 0 Å². The summed E-state index contributed by atoms with van der Waals surface area (Å²) in [5, 5.41) is 13.0. The number of aliphatic hydroxyl groups is 1. The number of aromatic nitrogens is 2. The molecule has 0 saturated heterocycles. The first kappa shape index (κ1) is 11.1. The molecule has 1 heterocycles. The number of hydrogen-bond donors (Lipinski definition) is 1. The molecule has 2 rings (SSSR count). The topological polar surface area (TPSA) is 58.4 Å². The Bertz CT molecular complexity index is 333. The molecular weight excluding hydrogens is 206 g/mol. The van der Waals surface area contributed by atoms with Crippen molar-refractivity contribution in [2.45, 2.75) is 31.8 Å². The maximum atomic E-state index is 12.0. The van der Waals surface area contributed by atoms with E-state index < -0.39 is 0 Å². The van der Waals surface area contributed by atoms with Crippen molar-refractivity contribution < 1.29 is 9.90 Å². The first-order chi connectivity index (χ1) is 7.81. The highest BCUT2D eigenvalue weighted by molar-refractivity contribution is 5.76. The SMILES string of the molecule is O=C(Cn1cccn1)N(CCO)C1CCC1. The van der Waals surface area contributed by atoms with Crippen molar-refractivity contribution in [1.82, 2.24) is 14.7 Å². The third-order valence-electron chi connectivity index (χ3n) is 3.03. The van der Waals surface area contributed by atoms with Gasteiger partial charge in [-0.2, -0.15) is 5.10 Å². The lowest BCUT2D eigenvalue weighted by atomic mass is 9.91. The van der Waals surface area contributed by atoms with Gasteiger partial charge in [-0.05, 0) is 25.3 Å². The quantitative estimate of drug-likeness (QED) is 0.778. The molecule has 5 heteroatoms. The molecule has 1 aliphatic carbocycles. The van der Waals surface area contributed by atoms with Crippen molar-refractivity contribution in [1.29, 1.82) is 0 Å². The van der Waals surface area contributed by atoms with Gasteiger partial charge < -0.3 is 10.0 Å². The van der Waals surface area contributed by atoms with Gasteiger partial charge >= 0.3 is 0 Å². The first-order valence-electron chi connectivity index (χ1n) is 5.69. The lowest BCUT2D eigenvalue weighted by molar-refractivity contribution is -0.136. The molecule has 0 spiro atoms. The highest BCUT2D eigenvalue weighted by Gasteiger charge is 2.28. The summed E-state index contributed by atoms with van der Waals surface area (Å²) >= 11 is 0. The molecule has 1 N–H and O–H groups in total. The van der Waals surface area contributed by atoms with Crippen LogP contribution in [0.4, 0.5) is 0 Å². The Balaban J connectivity index is 1.93. The van der Waals surface area contributed by atoms with Gasteiger partial charge in [-0.25, -0.2) is 0 Å². The molecule has 16 heavy (non-hydrogen) atoms. The summed E-state index contributed by atoms with van der Waals surface area (Å²) in [6.45, 7) is 0.732. The summed E-state index contributed by atoms with van der Waals surface area (Å²) in [7, 11) is 0. The van der Waals surface area contributed by atoms with E-state index in [1.807, 2.05) is 0 Å². The molecule has 1 fully saturated rings. The Morgan fingerprint density at radius 2 is 2.38 bits per heavy atom. The summed E-state index contributed by atoms with van der Waals surface area (Å²) in [5.74, 6) is 0.0439. The predicted molar refractivity (Wildman–Crippen MR) is 58.7 cm³/mol. The fraction of sp³-hybridized carbons (Fsp3) is 0.636. The van der Waals surface area contributed by atoms with Crippen molar-refractivity contribution in [3.8, 4) is 0 Å². The van der Waals surface area contributed by atoms with Crippen molar-refractivity contribution in [2.24, 2.45) is 0 Å². The summed E-state index contributed by atoms with van der Waals surface area (Å²) < 4.78 is 1.62. The van der Waals surface area contributed by atoms with E-state index in [0.717, 1.165) is 12.8 Å². The van der Waals surface area contributed by atoms with Crippen molar-refractivity contribution in [3.63, 3.8) is 0 Å². The van der Waals surface area contributed by atoms with Gasteiger partial charge in [0.2, 0.25) is 5.91 Å². The van der Waals surface area contributed by atoms with E-state index in [2.05, 4.69) is 5.10 Å². The maximum Gasteiger partial charge on any atom is 0.244 e. The lowest BCUT2D eigenvalue weighted by Gasteiger charge is -2.37. The van der Waals surface area contributed by atoms with E-state index in [1.54, 1.807) is 28.0 Å². The zero-order valence-corrected chi connectivity index (χ0v) is 9.25. The fourth-order valence-electron chi connectivity index (χ4n) is 1.94. The molecule has 0 aromatic carbocycles. The van der Waals surface area contributed by atoms with Crippen molar-refractivity contribution in [3.05, 3.63) is 18.5 Å². The van der Waals surface area contributed by atoms with E-state index >= 15 is 0 Å². The highest BCUT2D eigenvalue weighted by Crippen LogP contribution is 2.24. The lowest BCUT2D eigenvalue weighted by Crippen LogP contribution is -2.47. The number of hydrogen-bond acceptors (Lipinski definition) is 3. The van der Waals surface area contributed by atoms with Gasteiger partial charge in [0, 0.05) is 25.0 Å². The average molecular weight is 223 g/mol. The zero-order chi connectivity index (χ0) is 11.4. The fourth-order valence-corrected chi connectivity index (χ4v) is 1.94. The molecule has 1 saturated carbocycles. The van der Waals surface area contributed by atoms with E-state index in [9.17, 15) is 4.79 Å². The summed E-state index contributed by atoms with van der Waals surface area (Å²) in [4.78, 5) is 13.8. The Kier molecular flexibility index (Phi) is 3.56. The van der Waals surface area contributed by atoms with Crippen LogP contribution in [-0.2, 0) is 11.3 Å². The average Bonchev–Trinajstić information content (AvgIpc) is 2.67. The molecule has 88 valence electrons. The zero-order valence-electron chi connectivity index (χ0n) is 9.25. The number of aliphatic hydroxyl groups excluding tert-OH is 1. The smallest absolute Gasteiger partial charge is 0.244 e. The van der Waals surface area contributed by atoms with Crippen LogP contribution in [0.5, 0.6) is 0 Å². The largest absolute Gasteiger partial charge is 0.395 e. The Morgan fingerprint density at radius 1 is 1.56 bits per heavy atom. The van der Waals surface area contributed by atoms with Crippen LogP contribution in [0.1, 0.15) is 19.3 Å². The summed E-state index contributed by atoms with van der Waals surface area (Å²) in [6.07, 6.45) is 6.74. The molecule has 0 atom stereocenters. The summed E-state index contributed by atoms with van der Waals surface area (Å²) in [5.41, 5.74) is 0. The van der Waals surface area contributed by atoms with Gasteiger partial charge in [-0.1, -0.05) is 0 Å². The Hall–Kier alpha value is -1.36. The predicted octanol–water partition coefficient (Wildman–Crippen LogP) is 0.256.